The van der Waals surface area contributed by atoms with Crippen molar-refractivity contribution < 1.29 is 4.79 Å². The third-order valence-corrected chi connectivity index (χ3v) is 4.49. The Kier molecular flexibility index (Phi) is 5.10. The van der Waals surface area contributed by atoms with Gasteiger partial charge in [-0.25, -0.2) is 0 Å². The van der Waals surface area contributed by atoms with Crippen LogP contribution in [0.5, 0.6) is 0 Å². The summed E-state index contributed by atoms with van der Waals surface area (Å²) in [5.74, 6) is -1.26. The van der Waals surface area contributed by atoms with Crippen LogP contribution in [-0.4, -0.2) is 16.6 Å². The van der Waals surface area contributed by atoms with Gasteiger partial charge in [0.25, 0.3) is 5.91 Å². The summed E-state index contributed by atoms with van der Waals surface area (Å²) in [5.41, 5.74) is 3.45. The molecule has 0 saturated carbocycles. The van der Waals surface area contributed by atoms with E-state index in [0.29, 0.717) is 28.4 Å². The number of nitriles is 2. The van der Waals surface area contributed by atoms with Gasteiger partial charge in [0.05, 0.1) is 29.3 Å². The van der Waals surface area contributed by atoms with Gasteiger partial charge >= 0.3 is 0 Å². The largest absolute Gasteiger partial charge is 0.321 e. The number of allylic oxidation sites excluding steroid dienone is 2. The van der Waals surface area contributed by atoms with Gasteiger partial charge in [0.1, 0.15) is 5.69 Å². The van der Waals surface area contributed by atoms with Crippen LogP contribution in [0, 0.1) is 28.6 Å². The lowest BCUT2D eigenvalue weighted by molar-refractivity contribution is 0.102. The summed E-state index contributed by atoms with van der Waals surface area (Å²) in [6.45, 7) is 3.57. The Morgan fingerprint density at radius 1 is 1.15 bits per heavy atom. The molecule has 1 N–H and O–H groups in total. The number of aliphatic imine (C=N–C) groups is 1. The smallest absolute Gasteiger partial charge is 0.274 e. The fourth-order valence-electron chi connectivity index (χ4n) is 3.21. The summed E-state index contributed by atoms with van der Waals surface area (Å²) in [7, 11) is 0. The van der Waals surface area contributed by atoms with Crippen LogP contribution in [0.3, 0.4) is 0 Å². The van der Waals surface area contributed by atoms with Gasteiger partial charge in [0, 0.05) is 23.5 Å². The summed E-state index contributed by atoms with van der Waals surface area (Å²) in [4.78, 5) is 20.7. The number of pyridine rings is 1. The Morgan fingerprint density at radius 3 is 2.63 bits per heavy atom. The molecule has 27 heavy (non-hydrogen) atoms. The zero-order valence-corrected chi connectivity index (χ0v) is 15.0. The highest BCUT2D eigenvalue weighted by Crippen LogP contribution is 2.38. The molecule has 0 aliphatic carbocycles. The Hall–Kier alpha value is -3.77. The summed E-state index contributed by atoms with van der Waals surface area (Å²) in [6.07, 6.45) is 1.56. The summed E-state index contributed by atoms with van der Waals surface area (Å²) >= 11 is 0. The van der Waals surface area contributed by atoms with Crippen molar-refractivity contribution in [2.45, 2.75) is 19.8 Å². The Morgan fingerprint density at radius 2 is 1.96 bits per heavy atom. The minimum Gasteiger partial charge on any atom is -0.321 e. The fraction of sp³-hybridized carbons (Fsp3) is 0.190. The van der Waals surface area contributed by atoms with Crippen molar-refractivity contribution in [2.75, 3.05) is 5.32 Å². The third kappa shape index (κ3) is 3.61. The van der Waals surface area contributed by atoms with E-state index in [1.807, 2.05) is 6.07 Å². The van der Waals surface area contributed by atoms with E-state index < -0.39 is 11.8 Å². The SMILES string of the molecule is CC1=NC(C)=C(C#N)C(c2cccc(NC(=O)c3ccccn3)c2)C1C#N. The molecule has 1 aromatic heterocycles. The maximum absolute atomic E-state index is 12.3. The van der Waals surface area contributed by atoms with E-state index in [9.17, 15) is 15.3 Å². The average Bonchev–Trinajstić information content (AvgIpc) is 2.68. The second-order valence-corrected chi connectivity index (χ2v) is 6.24. The van der Waals surface area contributed by atoms with Gasteiger partial charge in [-0.1, -0.05) is 18.2 Å². The molecule has 1 aliphatic heterocycles. The molecular formula is C21H17N5O. The first-order chi connectivity index (χ1) is 13.0. The minimum absolute atomic E-state index is 0.312. The van der Waals surface area contributed by atoms with Crippen LogP contribution < -0.4 is 5.32 Å². The second-order valence-electron chi connectivity index (χ2n) is 6.24. The molecule has 2 heterocycles. The van der Waals surface area contributed by atoms with Crippen molar-refractivity contribution in [3.63, 3.8) is 0 Å². The van der Waals surface area contributed by atoms with Crippen LogP contribution in [0.2, 0.25) is 0 Å². The lowest BCUT2D eigenvalue weighted by atomic mass is 9.77. The van der Waals surface area contributed by atoms with Crippen LogP contribution >= 0.6 is 0 Å². The molecule has 0 saturated heterocycles. The molecule has 1 aromatic carbocycles. The number of nitrogens with one attached hydrogen (secondary N) is 1. The molecule has 6 nitrogen and oxygen atoms in total. The van der Waals surface area contributed by atoms with Gasteiger partial charge in [-0.05, 0) is 43.7 Å². The number of carbonyl (C=O) groups excluding carboxylic acids is 1. The van der Waals surface area contributed by atoms with Gasteiger partial charge in [-0.3, -0.25) is 14.8 Å². The number of carbonyl (C=O) groups is 1. The molecule has 3 rings (SSSR count). The van der Waals surface area contributed by atoms with Crippen LogP contribution in [0.4, 0.5) is 5.69 Å². The maximum Gasteiger partial charge on any atom is 0.274 e. The summed E-state index contributed by atoms with van der Waals surface area (Å²) in [5, 5.41) is 22.0. The normalized spacial score (nSPS) is 18.9. The molecule has 0 spiro atoms. The Bertz CT molecular complexity index is 1020. The Labute approximate surface area is 157 Å². The number of amides is 1. The van der Waals surface area contributed by atoms with Crippen molar-refractivity contribution in [3.8, 4) is 12.1 Å². The van der Waals surface area contributed by atoms with Gasteiger partial charge in [-0.2, -0.15) is 10.5 Å². The van der Waals surface area contributed by atoms with Gasteiger partial charge < -0.3 is 5.32 Å². The Balaban J connectivity index is 1.95. The van der Waals surface area contributed by atoms with Crippen LogP contribution in [0.1, 0.15) is 35.8 Å². The number of hydrogen-bond acceptors (Lipinski definition) is 5. The van der Waals surface area contributed by atoms with Gasteiger partial charge in [0.2, 0.25) is 0 Å². The fourth-order valence-corrected chi connectivity index (χ4v) is 3.21. The van der Waals surface area contributed by atoms with E-state index in [4.69, 9.17) is 0 Å². The zero-order chi connectivity index (χ0) is 19.4. The molecule has 6 heteroatoms. The molecular weight excluding hydrogens is 338 g/mol. The van der Waals surface area contributed by atoms with Crippen molar-refractivity contribution in [1.29, 1.82) is 10.5 Å². The van der Waals surface area contributed by atoms with E-state index in [1.165, 1.54) is 0 Å². The predicted molar refractivity (Wildman–Crippen MR) is 102 cm³/mol. The molecule has 2 unspecified atom stereocenters. The van der Waals surface area contributed by atoms with Crippen molar-refractivity contribution in [1.82, 2.24) is 4.98 Å². The number of hydrogen-bond donors (Lipinski definition) is 1. The lowest BCUT2D eigenvalue weighted by Crippen LogP contribution is -2.25. The molecule has 0 radical (unpaired) electrons. The second kappa shape index (κ2) is 7.63. The first-order valence-corrected chi connectivity index (χ1v) is 8.43. The predicted octanol–water partition coefficient (Wildman–Crippen LogP) is 3.83. The van der Waals surface area contributed by atoms with E-state index in [-0.39, 0.29) is 5.91 Å². The molecule has 132 valence electrons. The van der Waals surface area contributed by atoms with Crippen LogP contribution in [0.25, 0.3) is 0 Å². The first-order valence-electron chi connectivity index (χ1n) is 8.43. The average molecular weight is 355 g/mol. The highest BCUT2D eigenvalue weighted by atomic mass is 16.1. The standard InChI is InChI=1S/C21H17N5O/c1-13-17(11-22)20(18(12-23)14(2)25-13)15-6-5-7-16(10-15)26-21(27)19-8-3-4-9-24-19/h3-10,17,20H,1-2H3,(H,26,27). The van der Waals surface area contributed by atoms with Crippen molar-refractivity contribution in [3.05, 3.63) is 71.2 Å². The highest BCUT2D eigenvalue weighted by Gasteiger charge is 2.33. The van der Waals surface area contributed by atoms with Crippen molar-refractivity contribution >= 4 is 17.3 Å². The van der Waals surface area contributed by atoms with E-state index >= 15 is 0 Å². The number of anilines is 1. The molecule has 2 aromatic rings. The van der Waals surface area contributed by atoms with Gasteiger partial charge in [-0.15, -0.1) is 0 Å². The number of rotatable bonds is 3. The van der Waals surface area contributed by atoms with Crippen molar-refractivity contribution in [2.24, 2.45) is 10.9 Å². The monoisotopic (exact) mass is 355 g/mol. The number of benzene rings is 1. The molecule has 0 bridgehead atoms. The van der Waals surface area contributed by atoms with E-state index in [2.05, 4.69) is 27.4 Å². The van der Waals surface area contributed by atoms with Crippen LogP contribution in [-0.2, 0) is 0 Å². The number of aromatic nitrogens is 1. The third-order valence-electron chi connectivity index (χ3n) is 4.49. The quantitative estimate of drug-likeness (QED) is 0.904. The van der Waals surface area contributed by atoms with E-state index in [1.54, 1.807) is 56.4 Å². The highest BCUT2D eigenvalue weighted by molar-refractivity contribution is 6.02. The number of nitrogens with zero attached hydrogens (tertiary/aromatic N) is 4. The summed E-state index contributed by atoms with van der Waals surface area (Å²) in [6, 6.07) is 16.8. The molecule has 1 amide bonds. The topological polar surface area (TPSA) is 102 Å². The maximum atomic E-state index is 12.3. The van der Waals surface area contributed by atoms with Gasteiger partial charge in [0.15, 0.2) is 0 Å². The molecule has 2 atom stereocenters. The minimum atomic E-state index is -0.523. The zero-order valence-electron chi connectivity index (χ0n) is 15.0. The first kappa shape index (κ1) is 18.0. The lowest BCUT2D eigenvalue weighted by Gasteiger charge is -2.27. The molecule has 1 aliphatic rings. The molecule has 0 fully saturated rings. The van der Waals surface area contributed by atoms with Crippen LogP contribution in [0.15, 0.2) is 64.9 Å². The summed E-state index contributed by atoms with van der Waals surface area (Å²) < 4.78 is 0. The van der Waals surface area contributed by atoms with E-state index in [0.717, 1.165) is 5.56 Å².